The van der Waals surface area contributed by atoms with Crippen LogP contribution in [0, 0.1) is 0 Å². The van der Waals surface area contributed by atoms with Gasteiger partial charge in [0.1, 0.15) is 0 Å². The van der Waals surface area contributed by atoms with Crippen molar-refractivity contribution in [2.45, 2.75) is 33.2 Å². The van der Waals surface area contributed by atoms with Crippen molar-refractivity contribution in [1.29, 1.82) is 0 Å². The van der Waals surface area contributed by atoms with E-state index in [0.29, 0.717) is 0 Å². The molecule has 4 heteroatoms. The number of hydrogen-bond acceptors (Lipinski definition) is 3. The molecule has 84 valence electrons. The molecule has 0 saturated heterocycles. The van der Waals surface area contributed by atoms with Crippen molar-refractivity contribution in [3.05, 3.63) is 0 Å². The standard InChI is InChI=1S/C10H22N2O2/c1-5-12(6-2)9(14)7-11-10(3,4)8-13/h11,13H,5-8H2,1-4H3. The average Bonchev–Trinajstić information content (AvgIpc) is 2.17. The molecule has 0 spiro atoms. The molecule has 0 atom stereocenters. The Balaban J connectivity index is 3.95. The summed E-state index contributed by atoms with van der Waals surface area (Å²) in [5.41, 5.74) is -0.386. The molecule has 0 unspecified atom stereocenters. The Hall–Kier alpha value is -0.610. The second kappa shape index (κ2) is 5.98. The average molecular weight is 202 g/mol. The molecule has 2 N–H and O–H groups in total. The summed E-state index contributed by atoms with van der Waals surface area (Å²) in [7, 11) is 0. The number of aliphatic hydroxyl groups excluding tert-OH is 1. The first kappa shape index (κ1) is 13.4. The lowest BCUT2D eigenvalue weighted by Crippen LogP contribution is -2.48. The first-order valence-corrected chi connectivity index (χ1v) is 5.10. The Bertz CT molecular complexity index is 177. The Morgan fingerprint density at radius 3 is 2.21 bits per heavy atom. The highest BCUT2D eigenvalue weighted by Gasteiger charge is 2.18. The molecule has 0 radical (unpaired) electrons. The summed E-state index contributed by atoms with van der Waals surface area (Å²) in [4.78, 5) is 13.3. The molecule has 0 heterocycles. The molecule has 0 bridgehead atoms. The fraction of sp³-hybridized carbons (Fsp3) is 0.900. The number of aliphatic hydroxyl groups is 1. The molecule has 14 heavy (non-hydrogen) atoms. The minimum absolute atomic E-state index is 0.0263. The van der Waals surface area contributed by atoms with E-state index in [0.717, 1.165) is 13.1 Å². The summed E-state index contributed by atoms with van der Waals surface area (Å²) < 4.78 is 0. The van der Waals surface area contributed by atoms with E-state index in [-0.39, 0.29) is 24.6 Å². The van der Waals surface area contributed by atoms with E-state index in [1.54, 1.807) is 4.90 Å². The number of likely N-dealkylation sites (N-methyl/N-ethyl adjacent to an activating group) is 1. The third-order valence-electron chi connectivity index (χ3n) is 2.23. The molecular formula is C10H22N2O2. The number of nitrogens with zero attached hydrogens (tertiary/aromatic N) is 1. The van der Waals surface area contributed by atoms with E-state index in [9.17, 15) is 4.79 Å². The van der Waals surface area contributed by atoms with E-state index in [2.05, 4.69) is 5.32 Å². The van der Waals surface area contributed by atoms with Gasteiger partial charge in [-0.25, -0.2) is 0 Å². The second-order valence-corrected chi connectivity index (χ2v) is 3.96. The van der Waals surface area contributed by atoms with Gasteiger partial charge < -0.3 is 15.3 Å². The third kappa shape index (κ3) is 4.58. The topological polar surface area (TPSA) is 52.6 Å². The summed E-state index contributed by atoms with van der Waals surface area (Å²) in [5.74, 6) is 0.0801. The van der Waals surface area contributed by atoms with Crippen LogP contribution in [-0.4, -0.2) is 47.7 Å². The molecule has 0 rings (SSSR count). The number of carbonyl (C=O) groups excluding carboxylic acids is 1. The van der Waals surface area contributed by atoms with Gasteiger partial charge in [0.15, 0.2) is 0 Å². The monoisotopic (exact) mass is 202 g/mol. The molecule has 0 aromatic heterocycles. The van der Waals surface area contributed by atoms with Crippen LogP contribution >= 0.6 is 0 Å². The molecule has 4 nitrogen and oxygen atoms in total. The van der Waals surface area contributed by atoms with Crippen LogP contribution in [0.3, 0.4) is 0 Å². The Kier molecular flexibility index (Phi) is 5.72. The minimum atomic E-state index is -0.386. The van der Waals surface area contributed by atoms with Gasteiger partial charge in [-0.3, -0.25) is 4.79 Å². The van der Waals surface area contributed by atoms with Gasteiger partial charge in [-0.1, -0.05) is 0 Å². The molecule has 0 aromatic carbocycles. The fourth-order valence-corrected chi connectivity index (χ4v) is 1.06. The summed E-state index contributed by atoms with van der Waals surface area (Å²) in [6.45, 7) is 9.42. The molecule has 0 aliphatic carbocycles. The van der Waals surface area contributed by atoms with E-state index in [1.165, 1.54) is 0 Å². The maximum Gasteiger partial charge on any atom is 0.236 e. The van der Waals surface area contributed by atoms with Crippen molar-refractivity contribution in [2.24, 2.45) is 0 Å². The molecular weight excluding hydrogens is 180 g/mol. The minimum Gasteiger partial charge on any atom is -0.394 e. The number of hydrogen-bond donors (Lipinski definition) is 2. The van der Waals surface area contributed by atoms with Gasteiger partial charge in [-0.15, -0.1) is 0 Å². The van der Waals surface area contributed by atoms with Gasteiger partial charge in [0.25, 0.3) is 0 Å². The Labute approximate surface area is 86.3 Å². The lowest BCUT2D eigenvalue weighted by atomic mass is 10.1. The molecule has 0 aliphatic rings. The smallest absolute Gasteiger partial charge is 0.236 e. The van der Waals surface area contributed by atoms with Crippen LogP contribution in [0.1, 0.15) is 27.7 Å². The summed E-state index contributed by atoms with van der Waals surface area (Å²) in [6.07, 6.45) is 0. The SMILES string of the molecule is CCN(CC)C(=O)CNC(C)(C)CO. The van der Waals surface area contributed by atoms with Gasteiger partial charge in [-0.05, 0) is 27.7 Å². The zero-order chi connectivity index (χ0) is 11.2. The van der Waals surface area contributed by atoms with Crippen LogP contribution in [0.2, 0.25) is 0 Å². The van der Waals surface area contributed by atoms with Crippen LogP contribution in [-0.2, 0) is 4.79 Å². The van der Waals surface area contributed by atoms with Crippen molar-refractivity contribution >= 4 is 5.91 Å². The number of nitrogens with one attached hydrogen (secondary N) is 1. The lowest BCUT2D eigenvalue weighted by molar-refractivity contribution is -0.130. The van der Waals surface area contributed by atoms with Crippen molar-refractivity contribution in [2.75, 3.05) is 26.2 Å². The summed E-state index contributed by atoms with van der Waals surface area (Å²) >= 11 is 0. The van der Waals surface area contributed by atoms with Gasteiger partial charge >= 0.3 is 0 Å². The normalized spacial score (nSPS) is 11.5. The van der Waals surface area contributed by atoms with E-state index in [4.69, 9.17) is 5.11 Å². The fourth-order valence-electron chi connectivity index (χ4n) is 1.06. The molecule has 0 aromatic rings. The van der Waals surface area contributed by atoms with Crippen molar-refractivity contribution in [3.8, 4) is 0 Å². The van der Waals surface area contributed by atoms with E-state index >= 15 is 0 Å². The Morgan fingerprint density at radius 1 is 1.36 bits per heavy atom. The first-order valence-electron chi connectivity index (χ1n) is 5.10. The van der Waals surface area contributed by atoms with Crippen LogP contribution in [0.5, 0.6) is 0 Å². The lowest BCUT2D eigenvalue weighted by Gasteiger charge is -2.25. The second-order valence-electron chi connectivity index (χ2n) is 3.96. The number of amides is 1. The van der Waals surface area contributed by atoms with E-state index in [1.807, 2.05) is 27.7 Å². The quantitative estimate of drug-likeness (QED) is 0.647. The van der Waals surface area contributed by atoms with Gasteiger partial charge in [-0.2, -0.15) is 0 Å². The first-order chi connectivity index (χ1) is 6.46. The molecule has 1 amide bonds. The largest absolute Gasteiger partial charge is 0.394 e. The van der Waals surface area contributed by atoms with Crippen LogP contribution < -0.4 is 5.32 Å². The van der Waals surface area contributed by atoms with Gasteiger partial charge in [0.2, 0.25) is 5.91 Å². The summed E-state index contributed by atoms with van der Waals surface area (Å²) in [6, 6.07) is 0. The maximum absolute atomic E-state index is 11.5. The highest BCUT2D eigenvalue weighted by Crippen LogP contribution is 1.99. The Morgan fingerprint density at radius 2 is 1.86 bits per heavy atom. The number of rotatable bonds is 6. The predicted octanol–water partition coefficient (Wildman–Crippen LogP) is 0.215. The van der Waals surface area contributed by atoms with Crippen molar-refractivity contribution in [1.82, 2.24) is 10.2 Å². The molecule has 0 fully saturated rings. The van der Waals surface area contributed by atoms with Gasteiger partial charge in [0, 0.05) is 18.6 Å². The van der Waals surface area contributed by atoms with E-state index < -0.39 is 0 Å². The highest BCUT2D eigenvalue weighted by atomic mass is 16.3. The third-order valence-corrected chi connectivity index (χ3v) is 2.23. The molecule has 0 saturated carbocycles. The van der Waals surface area contributed by atoms with Crippen LogP contribution in [0.15, 0.2) is 0 Å². The number of carbonyl (C=O) groups is 1. The van der Waals surface area contributed by atoms with Gasteiger partial charge in [0.05, 0.1) is 13.2 Å². The van der Waals surface area contributed by atoms with Crippen LogP contribution in [0.4, 0.5) is 0 Å². The highest BCUT2D eigenvalue weighted by molar-refractivity contribution is 5.78. The zero-order valence-corrected chi connectivity index (χ0v) is 9.63. The summed E-state index contributed by atoms with van der Waals surface area (Å²) in [5, 5.41) is 12.0. The predicted molar refractivity (Wildman–Crippen MR) is 57.1 cm³/mol. The molecule has 0 aliphatic heterocycles. The maximum atomic E-state index is 11.5. The van der Waals surface area contributed by atoms with Crippen molar-refractivity contribution < 1.29 is 9.90 Å². The van der Waals surface area contributed by atoms with Crippen LogP contribution in [0.25, 0.3) is 0 Å². The zero-order valence-electron chi connectivity index (χ0n) is 9.63. The van der Waals surface area contributed by atoms with Crippen molar-refractivity contribution in [3.63, 3.8) is 0 Å².